The summed E-state index contributed by atoms with van der Waals surface area (Å²) in [7, 11) is 0. The molecule has 1 aliphatic carbocycles. The third-order valence-corrected chi connectivity index (χ3v) is 3.97. The molecule has 1 aromatic carbocycles. The Morgan fingerprint density at radius 2 is 2.10 bits per heavy atom. The Morgan fingerprint density at radius 3 is 2.80 bits per heavy atom. The summed E-state index contributed by atoms with van der Waals surface area (Å²) in [6, 6.07) is 6.97. The quantitative estimate of drug-likeness (QED) is 0.860. The van der Waals surface area contributed by atoms with E-state index in [0.717, 1.165) is 29.3 Å². The standard InChI is InChI=1S/C16H23N3O/c1-11(2)10-19(13-5-3-4-6-13)16-18-14-9-12(17)7-8-15(14)20-16/h7-9,11,13H,3-6,10,17H2,1-2H3. The number of nitrogens with two attached hydrogens (primary N) is 1. The van der Waals surface area contributed by atoms with Gasteiger partial charge in [0.25, 0.3) is 6.01 Å². The Bertz CT molecular complexity index is 584. The van der Waals surface area contributed by atoms with E-state index in [1.54, 1.807) is 0 Å². The average molecular weight is 273 g/mol. The molecule has 4 nitrogen and oxygen atoms in total. The zero-order valence-electron chi connectivity index (χ0n) is 12.3. The van der Waals surface area contributed by atoms with Crippen molar-refractivity contribution in [3.05, 3.63) is 18.2 Å². The normalized spacial score (nSPS) is 16.4. The molecule has 0 atom stereocenters. The maximum atomic E-state index is 5.96. The summed E-state index contributed by atoms with van der Waals surface area (Å²) in [6.45, 7) is 5.47. The van der Waals surface area contributed by atoms with E-state index in [0.29, 0.717) is 12.0 Å². The maximum absolute atomic E-state index is 5.96. The molecule has 1 aromatic heterocycles. The molecule has 0 saturated heterocycles. The van der Waals surface area contributed by atoms with Crippen molar-refractivity contribution in [1.29, 1.82) is 0 Å². The fourth-order valence-corrected chi connectivity index (χ4v) is 3.05. The summed E-state index contributed by atoms with van der Waals surface area (Å²) in [5, 5.41) is 0. The first kappa shape index (κ1) is 13.3. The topological polar surface area (TPSA) is 55.3 Å². The van der Waals surface area contributed by atoms with Crippen molar-refractivity contribution in [1.82, 2.24) is 4.98 Å². The van der Waals surface area contributed by atoms with Crippen molar-refractivity contribution in [3.8, 4) is 0 Å². The highest BCUT2D eigenvalue weighted by Gasteiger charge is 2.26. The van der Waals surface area contributed by atoms with Crippen LogP contribution in [-0.4, -0.2) is 17.6 Å². The number of anilines is 2. The molecule has 2 aromatic rings. The smallest absolute Gasteiger partial charge is 0.298 e. The van der Waals surface area contributed by atoms with Gasteiger partial charge in [-0.15, -0.1) is 0 Å². The Labute approximate surface area is 120 Å². The highest BCUT2D eigenvalue weighted by Crippen LogP contribution is 2.31. The second kappa shape index (κ2) is 5.35. The van der Waals surface area contributed by atoms with Gasteiger partial charge in [-0.1, -0.05) is 26.7 Å². The first-order valence-corrected chi connectivity index (χ1v) is 7.56. The van der Waals surface area contributed by atoms with Crippen molar-refractivity contribution in [2.45, 2.75) is 45.6 Å². The molecule has 108 valence electrons. The number of benzene rings is 1. The molecule has 1 heterocycles. The van der Waals surface area contributed by atoms with Crippen molar-refractivity contribution in [2.24, 2.45) is 5.92 Å². The molecule has 4 heteroatoms. The van der Waals surface area contributed by atoms with E-state index in [-0.39, 0.29) is 0 Å². The molecule has 1 aliphatic rings. The maximum Gasteiger partial charge on any atom is 0.298 e. The molecule has 2 N–H and O–H groups in total. The molecule has 0 amide bonds. The zero-order chi connectivity index (χ0) is 14.1. The molecular formula is C16H23N3O. The summed E-state index contributed by atoms with van der Waals surface area (Å²) in [4.78, 5) is 7.01. The van der Waals surface area contributed by atoms with E-state index >= 15 is 0 Å². The van der Waals surface area contributed by atoms with E-state index in [2.05, 4.69) is 23.7 Å². The van der Waals surface area contributed by atoms with Crippen LogP contribution in [0.15, 0.2) is 22.6 Å². The highest BCUT2D eigenvalue weighted by atomic mass is 16.4. The van der Waals surface area contributed by atoms with Gasteiger partial charge < -0.3 is 15.1 Å². The van der Waals surface area contributed by atoms with Gasteiger partial charge in [-0.25, -0.2) is 0 Å². The molecule has 0 bridgehead atoms. The monoisotopic (exact) mass is 273 g/mol. The van der Waals surface area contributed by atoms with Gasteiger partial charge in [0.1, 0.15) is 5.52 Å². The Morgan fingerprint density at radius 1 is 1.35 bits per heavy atom. The molecule has 1 fully saturated rings. The number of fused-ring (bicyclic) bond motifs is 1. The van der Waals surface area contributed by atoms with Crippen LogP contribution in [0, 0.1) is 5.92 Å². The second-order valence-electron chi connectivity index (χ2n) is 6.21. The molecule has 0 radical (unpaired) electrons. The number of oxazole rings is 1. The van der Waals surface area contributed by atoms with Gasteiger partial charge in [0.2, 0.25) is 0 Å². The number of hydrogen-bond acceptors (Lipinski definition) is 4. The van der Waals surface area contributed by atoms with E-state index in [4.69, 9.17) is 10.2 Å². The van der Waals surface area contributed by atoms with Crippen LogP contribution in [0.5, 0.6) is 0 Å². The molecule has 20 heavy (non-hydrogen) atoms. The van der Waals surface area contributed by atoms with Gasteiger partial charge in [0, 0.05) is 18.3 Å². The third kappa shape index (κ3) is 2.60. The molecule has 0 unspecified atom stereocenters. The van der Waals surface area contributed by atoms with Crippen LogP contribution in [0.25, 0.3) is 11.1 Å². The molecule has 0 aliphatic heterocycles. The molecular weight excluding hydrogens is 250 g/mol. The summed E-state index contributed by atoms with van der Waals surface area (Å²) < 4.78 is 5.96. The first-order chi connectivity index (χ1) is 9.63. The minimum atomic E-state index is 0.572. The summed E-state index contributed by atoms with van der Waals surface area (Å²) in [5.41, 5.74) is 8.22. The molecule has 3 rings (SSSR count). The average Bonchev–Trinajstić information content (AvgIpc) is 3.04. The van der Waals surface area contributed by atoms with E-state index in [1.807, 2.05) is 18.2 Å². The van der Waals surface area contributed by atoms with Crippen molar-refractivity contribution < 1.29 is 4.42 Å². The fourth-order valence-electron chi connectivity index (χ4n) is 3.05. The minimum Gasteiger partial charge on any atom is -0.423 e. The minimum absolute atomic E-state index is 0.572. The summed E-state index contributed by atoms with van der Waals surface area (Å²) in [5.74, 6) is 0.593. The van der Waals surface area contributed by atoms with Gasteiger partial charge in [0.15, 0.2) is 5.58 Å². The lowest BCUT2D eigenvalue weighted by atomic mass is 10.1. The summed E-state index contributed by atoms with van der Waals surface area (Å²) in [6.07, 6.45) is 5.11. The molecule has 1 saturated carbocycles. The predicted octanol–water partition coefficient (Wildman–Crippen LogP) is 3.82. The van der Waals surface area contributed by atoms with Crippen LogP contribution in [0.1, 0.15) is 39.5 Å². The fraction of sp³-hybridized carbons (Fsp3) is 0.562. The third-order valence-electron chi connectivity index (χ3n) is 3.97. The van der Waals surface area contributed by atoms with Gasteiger partial charge in [0.05, 0.1) is 0 Å². The van der Waals surface area contributed by atoms with Gasteiger partial charge in [-0.05, 0) is 37.0 Å². The van der Waals surface area contributed by atoms with Crippen LogP contribution in [0.2, 0.25) is 0 Å². The predicted molar refractivity (Wildman–Crippen MR) is 82.9 cm³/mol. The number of rotatable bonds is 4. The number of nitrogens with zero attached hydrogens (tertiary/aromatic N) is 2. The van der Waals surface area contributed by atoms with Crippen molar-refractivity contribution in [2.75, 3.05) is 17.2 Å². The Kier molecular flexibility index (Phi) is 3.55. The van der Waals surface area contributed by atoms with E-state index in [9.17, 15) is 0 Å². The first-order valence-electron chi connectivity index (χ1n) is 7.56. The van der Waals surface area contributed by atoms with Crippen LogP contribution >= 0.6 is 0 Å². The Balaban J connectivity index is 1.94. The van der Waals surface area contributed by atoms with Gasteiger partial charge >= 0.3 is 0 Å². The van der Waals surface area contributed by atoms with Crippen LogP contribution in [-0.2, 0) is 0 Å². The highest BCUT2D eigenvalue weighted by molar-refractivity contribution is 5.78. The largest absolute Gasteiger partial charge is 0.423 e. The number of hydrogen-bond donors (Lipinski definition) is 1. The van der Waals surface area contributed by atoms with Crippen molar-refractivity contribution >= 4 is 22.8 Å². The number of nitrogen functional groups attached to an aromatic ring is 1. The van der Waals surface area contributed by atoms with Crippen LogP contribution in [0.3, 0.4) is 0 Å². The lowest BCUT2D eigenvalue weighted by molar-refractivity contribution is 0.476. The van der Waals surface area contributed by atoms with Crippen LogP contribution in [0.4, 0.5) is 11.7 Å². The Hall–Kier alpha value is -1.71. The molecule has 0 spiro atoms. The van der Waals surface area contributed by atoms with E-state index in [1.165, 1.54) is 25.7 Å². The lowest BCUT2D eigenvalue weighted by Gasteiger charge is -2.28. The zero-order valence-corrected chi connectivity index (χ0v) is 12.3. The summed E-state index contributed by atoms with van der Waals surface area (Å²) >= 11 is 0. The lowest BCUT2D eigenvalue weighted by Crippen LogP contribution is -2.36. The van der Waals surface area contributed by atoms with Crippen LogP contribution < -0.4 is 10.6 Å². The van der Waals surface area contributed by atoms with Gasteiger partial charge in [-0.2, -0.15) is 4.98 Å². The number of aromatic nitrogens is 1. The second-order valence-corrected chi connectivity index (χ2v) is 6.21. The SMILES string of the molecule is CC(C)CN(c1nc2cc(N)ccc2o1)C1CCCC1. The van der Waals surface area contributed by atoms with Crippen molar-refractivity contribution in [3.63, 3.8) is 0 Å². The van der Waals surface area contributed by atoms with Gasteiger partial charge in [-0.3, -0.25) is 0 Å². The van der Waals surface area contributed by atoms with E-state index < -0.39 is 0 Å².